The van der Waals surface area contributed by atoms with Gasteiger partial charge in [-0.25, -0.2) is 4.79 Å². The minimum atomic E-state index is -0.710. The van der Waals surface area contributed by atoms with E-state index >= 15 is 0 Å². The van der Waals surface area contributed by atoms with Crippen molar-refractivity contribution in [3.8, 4) is 5.75 Å². The number of hydrogen-bond donors (Lipinski definition) is 1. The molecule has 0 spiro atoms. The first kappa shape index (κ1) is 14.0. The molecule has 0 aliphatic rings. The van der Waals surface area contributed by atoms with Gasteiger partial charge in [-0.3, -0.25) is 0 Å². The smallest absolute Gasteiger partial charge is 0.368 e. The summed E-state index contributed by atoms with van der Waals surface area (Å²) in [5.41, 5.74) is 1.85. The van der Waals surface area contributed by atoms with E-state index in [1.165, 1.54) is 0 Å². The predicted octanol–water partition coefficient (Wildman–Crippen LogP) is 4.53. The Balaban J connectivity index is 2.17. The zero-order valence-corrected chi connectivity index (χ0v) is 12.2. The van der Waals surface area contributed by atoms with Gasteiger partial charge in [0, 0.05) is 0 Å². The summed E-state index contributed by atoms with van der Waals surface area (Å²) in [4.78, 5) is 12.1. The number of benzene rings is 2. The van der Waals surface area contributed by atoms with Crippen LogP contribution in [-0.2, 0) is 0 Å². The van der Waals surface area contributed by atoms with Crippen molar-refractivity contribution in [1.29, 1.82) is 0 Å². The predicted molar refractivity (Wildman–Crippen MR) is 84.2 cm³/mol. The van der Waals surface area contributed by atoms with Crippen LogP contribution in [0.4, 0.5) is 11.4 Å². The number of rotatable bonds is 2. The third kappa shape index (κ3) is 2.37. The van der Waals surface area contributed by atoms with E-state index in [0.29, 0.717) is 16.7 Å². The van der Waals surface area contributed by atoms with Crippen molar-refractivity contribution in [3.63, 3.8) is 0 Å². The lowest BCUT2D eigenvalue weighted by Crippen LogP contribution is -1.99. The number of aryl methyl sites for hydroxylation is 2. The molecule has 0 aliphatic carbocycles. The highest BCUT2D eigenvalue weighted by atomic mass is 16.4. The highest BCUT2D eigenvalue weighted by molar-refractivity contribution is 5.89. The lowest BCUT2D eigenvalue weighted by molar-refractivity contribution is 0.469. The molecule has 2 aromatic carbocycles. The largest absolute Gasteiger partial charge is 0.505 e. The van der Waals surface area contributed by atoms with Gasteiger partial charge in [-0.15, -0.1) is 5.11 Å². The summed E-state index contributed by atoms with van der Waals surface area (Å²) in [6.45, 7) is 3.75. The van der Waals surface area contributed by atoms with Gasteiger partial charge in [-0.2, -0.15) is 5.11 Å². The van der Waals surface area contributed by atoms with Crippen LogP contribution >= 0.6 is 0 Å². The Morgan fingerprint density at radius 2 is 1.73 bits per heavy atom. The van der Waals surface area contributed by atoms with Crippen LogP contribution in [-0.4, -0.2) is 5.11 Å². The second-order valence-electron chi connectivity index (χ2n) is 5.01. The first-order chi connectivity index (χ1) is 10.6. The van der Waals surface area contributed by atoms with Gasteiger partial charge in [0.25, 0.3) is 0 Å². The van der Waals surface area contributed by atoms with Crippen LogP contribution in [0.5, 0.6) is 5.75 Å². The van der Waals surface area contributed by atoms with Crippen molar-refractivity contribution in [3.05, 3.63) is 64.0 Å². The number of fused-ring (bicyclic) bond motifs is 1. The summed E-state index contributed by atoms with van der Waals surface area (Å²) >= 11 is 0. The Bertz CT molecular complexity index is 928. The molecule has 110 valence electrons. The molecule has 3 aromatic rings. The quantitative estimate of drug-likeness (QED) is 0.557. The molecule has 0 fully saturated rings. The maximum atomic E-state index is 12.1. The van der Waals surface area contributed by atoms with E-state index in [1.54, 1.807) is 18.2 Å². The van der Waals surface area contributed by atoms with Crippen LogP contribution in [0.3, 0.4) is 0 Å². The van der Waals surface area contributed by atoms with Gasteiger partial charge in [-0.1, -0.05) is 24.3 Å². The molecule has 0 saturated carbocycles. The van der Waals surface area contributed by atoms with E-state index in [0.717, 1.165) is 11.1 Å². The lowest BCUT2D eigenvalue weighted by atomic mass is 10.1. The molecular formula is C17H14N2O3. The Morgan fingerprint density at radius 1 is 1.00 bits per heavy atom. The molecule has 3 rings (SSSR count). The summed E-state index contributed by atoms with van der Waals surface area (Å²) < 4.78 is 5.30. The van der Waals surface area contributed by atoms with E-state index in [1.807, 2.05) is 38.1 Å². The summed E-state index contributed by atoms with van der Waals surface area (Å²) in [7, 11) is 0. The van der Waals surface area contributed by atoms with Gasteiger partial charge in [0.1, 0.15) is 5.58 Å². The molecule has 5 nitrogen and oxygen atoms in total. The zero-order chi connectivity index (χ0) is 15.7. The minimum Gasteiger partial charge on any atom is -0.505 e. The summed E-state index contributed by atoms with van der Waals surface area (Å²) in [5.74, 6) is -0.214. The van der Waals surface area contributed by atoms with Gasteiger partial charge in [0.15, 0.2) is 5.75 Å². The molecular weight excluding hydrogens is 280 g/mol. The standard InChI is InChI=1S/C17H14N2O3/c1-10-8-9-13-15(20)14(17(21)22-16(13)11(10)2)19-18-12-6-4-3-5-7-12/h3-9,20H,1-2H3. The van der Waals surface area contributed by atoms with Gasteiger partial charge in [0.2, 0.25) is 5.69 Å². The van der Waals surface area contributed by atoms with Crippen molar-refractivity contribution < 1.29 is 9.52 Å². The molecule has 22 heavy (non-hydrogen) atoms. The fourth-order valence-corrected chi connectivity index (χ4v) is 2.16. The van der Waals surface area contributed by atoms with E-state index in [2.05, 4.69) is 10.2 Å². The SMILES string of the molecule is Cc1ccc2c(O)c(N=Nc3ccccc3)c(=O)oc2c1C. The third-order valence-electron chi connectivity index (χ3n) is 3.57. The summed E-state index contributed by atoms with van der Waals surface area (Å²) in [6.07, 6.45) is 0. The van der Waals surface area contributed by atoms with Crippen molar-refractivity contribution >= 4 is 22.3 Å². The topological polar surface area (TPSA) is 75.2 Å². The van der Waals surface area contributed by atoms with Crippen LogP contribution in [0.1, 0.15) is 11.1 Å². The van der Waals surface area contributed by atoms with E-state index in [4.69, 9.17) is 4.42 Å². The Morgan fingerprint density at radius 3 is 2.45 bits per heavy atom. The molecule has 1 N–H and O–H groups in total. The first-order valence-corrected chi connectivity index (χ1v) is 6.80. The number of hydrogen-bond acceptors (Lipinski definition) is 5. The van der Waals surface area contributed by atoms with Crippen LogP contribution in [0, 0.1) is 13.8 Å². The van der Waals surface area contributed by atoms with Crippen LogP contribution in [0.2, 0.25) is 0 Å². The molecule has 0 saturated heterocycles. The van der Waals surface area contributed by atoms with Crippen molar-refractivity contribution in [2.45, 2.75) is 13.8 Å². The minimum absolute atomic E-state index is 0.195. The number of aromatic hydroxyl groups is 1. The maximum Gasteiger partial charge on any atom is 0.368 e. The van der Waals surface area contributed by atoms with E-state index < -0.39 is 5.63 Å². The van der Waals surface area contributed by atoms with Gasteiger partial charge in [0.05, 0.1) is 11.1 Å². The summed E-state index contributed by atoms with van der Waals surface area (Å²) in [5, 5.41) is 18.6. The average Bonchev–Trinajstić information content (AvgIpc) is 2.52. The van der Waals surface area contributed by atoms with E-state index in [-0.39, 0.29) is 11.4 Å². The van der Waals surface area contributed by atoms with Gasteiger partial charge in [-0.05, 0) is 43.2 Å². The molecule has 0 amide bonds. The van der Waals surface area contributed by atoms with Crippen molar-refractivity contribution in [2.75, 3.05) is 0 Å². The molecule has 1 heterocycles. The second-order valence-corrected chi connectivity index (χ2v) is 5.01. The highest BCUT2D eigenvalue weighted by Crippen LogP contribution is 2.34. The van der Waals surface area contributed by atoms with E-state index in [9.17, 15) is 9.90 Å². The second kappa shape index (κ2) is 5.44. The lowest BCUT2D eigenvalue weighted by Gasteiger charge is -2.06. The number of nitrogens with zero attached hydrogens (tertiary/aromatic N) is 2. The van der Waals surface area contributed by atoms with Crippen molar-refractivity contribution in [1.82, 2.24) is 0 Å². The summed E-state index contributed by atoms with van der Waals surface area (Å²) in [6, 6.07) is 12.5. The molecule has 1 aromatic heterocycles. The molecule has 0 bridgehead atoms. The monoisotopic (exact) mass is 294 g/mol. The van der Waals surface area contributed by atoms with Crippen molar-refractivity contribution in [2.24, 2.45) is 10.2 Å². The molecule has 0 unspecified atom stereocenters. The fourth-order valence-electron chi connectivity index (χ4n) is 2.16. The molecule has 0 radical (unpaired) electrons. The number of azo groups is 1. The normalized spacial score (nSPS) is 11.4. The zero-order valence-electron chi connectivity index (χ0n) is 12.2. The maximum absolute atomic E-state index is 12.1. The first-order valence-electron chi connectivity index (χ1n) is 6.80. The highest BCUT2D eigenvalue weighted by Gasteiger charge is 2.15. The molecule has 0 aliphatic heterocycles. The van der Waals surface area contributed by atoms with Crippen LogP contribution in [0.15, 0.2) is 61.9 Å². The Hall–Kier alpha value is -2.95. The van der Waals surface area contributed by atoms with Crippen LogP contribution < -0.4 is 5.63 Å². The van der Waals surface area contributed by atoms with Gasteiger partial charge < -0.3 is 9.52 Å². The van der Waals surface area contributed by atoms with Crippen LogP contribution in [0.25, 0.3) is 11.0 Å². The third-order valence-corrected chi connectivity index (χ3v) is 3.57. The Kier molecular flexibility index (Phi) is 3.47. The fraction of sp³-hybridized carbons (Fsp3) is 0.118. The average molecular weight is 294 g/mol. The molecule has 5 heteroatoms. The van der Waals surface area contributed by atoms with Gasteiger partial charge >= 0.3 is 5.63 Å². The Labute approximate surface area is 126 Å². The molecule has 0 atom stereocenters.